The van der Waals surface area contributed by atoms with Crippen LogP contribution >= 0.6 is 23.4 Å². The molecule has 4 rings (SSSR count). The predicted octanol–water partition coefficient (Wildman–Crippen LogP) is 6.69. The molecule has 43 heavy (non-hydrogen) atoms. The van der Waals surface area contributed by atoms with Crippen LogP contribution in [0.3, 0.4) is 0 Å². The molecule has 1 saturated carbocycles. The Labute approximate surface area is 262 Å². The Morgan fingerprint density at radius 1 is 1.14 bits per heavy atom. The molecule has 0 unspecified atom stereocenters. The van der Waals surface area contributed by atoms with Crippen molar-refractivity contribution in [2.24, 2.45) is 5.73 Å². The van der Waals surface area contributed by atoms with Crippen LogP contribution in [0.1, 0.15) is 39.3 Å². The van der Waals surface area contributed by atoms with E-state index in [0.29, 0.717) is 45.2 Å². The minimum atomic E-state index is -1.91. The van der Waals surface area contributed by atoms with E-state index in [4.69, 9.17) is 31.2 Å². The van der Waals surface area contributed by atoms with Crippen LogP contribution in [0.5, 0.6) is 0 Å². The molecule has 3 N–H and O–H groups in total. The number of pyridine rings is 1. The van der Waals surface area contributed by atoms with E-state index in [9.17, 15) is 9.18 Å². The Hall–Kier alpha value is -2.61. The van der Waals surface area contributed by atoms with Crippen LogP contribution in [-0.4, -0.2) is 61.8 Å². The summed E-state index contributed by atoms with van der Waals surface area (Å²) in [6.45, 7) is 11.6. The quantitative estimate of drug-likeness (QED) is 0.0958. The molecule has 1 fully saturated rings. The van der Waals surface area contributed by atoms with E-state index in [2.05, 4.69) is 54.4 Å². The van der Waals surface area contributed by atoms with Crippen molar-refractivity contribution in [1.82, 2.24) is 15.2 Å². The summed E-state index contributed by atoms with van der Waals surface area (Å²) >= 11 is 7.64. The molecule has 13 heteroatoms. The van der Waals surface area contributed by atoms with E-state index in [1.807, 2.05) is 0 Å². The fraction of sp³-hybridized carbons (Fsp3) is 0.467. The molecular formula is C30H39ClFN5O4SSi. The summed E-state index contributed by atoms with van der Waals surface area (Å²) in [5, 5.41) is 13.2. The van der Waals surface area contributed by atoms with E-state index >= 15 is 0 Å². The number of nitrogens with zero attached hydrogens (tertiary/aromatic N) is 3. The molecule has 0 bridgehead atoms. The van der Waals surface area contributed by atoms with Crippen molar-refractivity contribution in [3.05, 3.63) is 59.1 Å². The Morgan fingerprint density at radius 3 is 2.47 bits per heavy atom. The lowest BCUT2D eigenvalue weighted by atomic mass is 9.61. The second kappa shape index (κ2) is 12.8. The maximum Gasteiger partial charge on any atom is 0.230 e. The summed E-state index contributed by atoms with van der Waals surface area (Å²) in [6, 6.07) is 9.56. The Balaban J connectivity index is 1.64. The predicted molar refractivity (Wildman–Crippen MR) is 171 cm³/mol. The Bertz CT molecular complexity index is 1480. The van der Waals surface area contributed by atoms with Gasteiger partial charge in [0, 0.05) is 61.9 Å². The number of primary amides is 1. The molecule has 1 aliphatic rings. The minimum absolute atomic E-state index is 0.0980. The summed E-state index contributed by atoms with van der Waals surface area (Å²) in [7, 11) is 1.16. The van der Waals surface area contributed by atoms with Crippen LogP contribution in [0.2, 0.25) is 23.2 Å². The standard InChI is InChI=1S/C30H39ClFN5O4SSi/c1-28(2,3)43(6,7)41-12-13-42-26-24(16-23(36-37-26)21-14-19(31)8-9-22(21)32)35-20-10-11-34-25(15-20)29(27(33)38)17-30(18-29,39-4)40-5/h8-11,14-16H,12-13,17-18H2,1-7H3,(H2,33,38)(H,34,35,36). The van der Waals surface area contributed by atoms with Gasteiger partial charge in [0.05, 0.1) is 17.1 Å². The van der Waals surface area contributed by atoms with Gasteiger partial charge in [-0.1, -0.05) is 32.4 Å². The molecule has 0 saturated heterocycles. The summed E-state index contributed by atoms with van der Waals surface area (Å²) in [5.41, 5.74) is 7.11. The van der Waals surface area contributed by atoms with Gasteiger partial charge < -0.3 is 25.0 Å². The number of ether oxygens (including phenoxy) is 2. The number of hydrogen-bond donors (Lipinski definition) is 2. The van der Waals surface area contributed by atoms with Crippen LogP contribution in [0.4, 0.5) is 15.8 Å². The summed E-state index contributed by atoms with van der Waals surface area (Å²) in [5.74, 6) is -1.23. The van der Waals surface area contributed by atoms with Crippen LogP contribution in [-0.2, 0) is 24.1 Å². The van der Waals surface area contributed by atoms with Gasteiger partial charge in [-0.15, -0.1) is 22.0 Å². The summed E-state index contributed by atoms with van der Waals surface area (Å²) in [4.78, 5) is 17.1. The summed E-state index contributed by atoms with van der Waals surface area (Å²) < 4.78 is 32.1. The van der Waals surface area contributed by atoms with Gasteiger partial charge in [-0.2, -0.15) is 0 Å². The van der Waals surface area contributed by atoms with Crippen molar-refractivity contribution in [1.29, 1.82) is 0 Å². The second-order valence-corrected chi connectivity index (χ2v) is 18.5. The molecule has 232 valence electrons. The van der Waals surface area contributed by atoms with Gasteiger partial charge in [0.15, 0.2) is 14.1 Å². The number of thioether (sulfide) groups is 1. The minimum Gasteiger partial charge on any atom is -0.416 e. The zero-order valence-corrected chi connectivity index (χ0v) is 28.2. The number of carbonyl (C=O) groups is 1. The number of anilines is 2. The van der Waals surface area contributed by atoms with Gasteiger partial charge in [-0.25, -0.2) is 4.39 Å². The smallest absolute Gasteiger partial charge is 0.230 e. The Kier molecular flexibility index (Phi) is 9.89. The average Bonchev–Trinajstić information content (AvgIpc) is 2.93. The van der Waals surface area contributed by atoms with E-state index in [-0.39, 0.29) is 23.4 Å². The van der Waals surface area contributed by atoms with Crippen molar-refractivity contribution in [2.45, 2.75) is 68.0 Å². The normalized spacial score (nSPS) is 16.0. The van der Waals surface area contributed by atoms with Crippen molar-refractivity contribution >= 4 is 49.0 Å². The molecular weight excluding hydrogens is 609 g/mol. The monoisotopic (exact) mass is 647 g/mol. The van der Waals surface area contributed by atoms with E-state index in [1.54, 1.807) is 24.4 Å². The first-order chi connectivity index (χ1) is 20.1. The number of nitrogens with one attached hydrogen (secondary N) is 1. The number of benzene rings is 1. The highest BCUT2D eigenvalue weighted by atomic mass is 35.5. The second-order valence-electron chi connectivity index (χ2n) is 12.2. The Morgan fingerprint density at radius 2 is 1.84 bits per heavy atom. The molecule has 0 aliphatic heterocycles. The van der Waals surface area contributed by atoms with Crippen LogP contribution in [0.15, 0.2) is 47.6 Å². The van der Waals surface area contributed by atoms with Crippen molar-refractivity contribution in [3.63, 3.8) is 0 Å². The largest absolute Gasteiger partial charge is 0.416 e. The van der Waals surface area contributed by atoms with E-state index < -0.39 is 31.2 Å². The zero-order valence-electron chi connectivity index (χ0n) is 25.6. The lowest BCUT2D eigenvalue weighted by molar-refractivity contribution is -0.274. The fourth-order valence-electron chi connectivity index (χ4n) is 4.70. The van der Waals surface area contributed by atoms with Gasteiger partial charge in [-0.05, 0) is 54.5 Å². The van der Waals surface area contributed by atoms with E-state index in [1.165, 1.54) is 44.2 Å². The third kappa shape index (κ3) is 7.05. The van der Waals surface area contributed by atoms with Crippen LogP contribution in [0, 0.1) is 5.82 Å². The number of carbonyl (C=O) groups excluding carboxylic acids is 1. The number of hydrogen-bond acceptors (Lipinski definition) is 9. The number of methoxy groups -OCH3 is 2. The maximum absolute atomic E-state index is 14.8. The van der Waals surface area contributed by atoms with Crippen LogP contribution < -0.4 is 11.1 Å². The molecule has 1 aromatic carbocycles. The molecule has 3 aromatic rings. The molecule has 1 aliphatic carbocycles. The first-order valence-corrected chi connectivity index (χ1v) is 18.2. The molecule has 9 nitrogen and oxygen atoms in total. The van der Waals surface area contributed by atoms with E-state index in [0.717, 1.165) is 0 Å². The lowest BCUT2D eigenvalue weighted by Crippen LogP contribution is -2.62. The maximum atomic E-state index is 14.8. The average molecular weight is 648 g/mol. The molecule has 0 spiro atoms. The highest BCUT2D eigenvalue weighted by Gasteiger charge is 2.61. The molecule has 2 heterocycles. The number of nitrogens with two attached hydrogens (primary N) is 1. The van der Waals surface area contributed by atoms with Crippen LogP contribution in [0.25, 0.3) is 11.3 Å². The van der Waals surface area contributed by atoms with Crippen molar-refractivity contribution in [3.8, 4) is 11.3 Å². The van der Waals surface area contributed by atoms with Crippen molar-refractivity contribution in [2.75, 3.05) is 31.9 Å². The number of aromatic nitrogens is 3. The lowest BCUT2D eigenvalue weighted by Gasteiger charge is -2.51. The topological polar surface area (TPSA) is 121 Å². The third-order valence-electron chi connectivity index (χ3n) is 8.44. The first-order valence-electron chi connectivity index (χ1n) is 13.9. The molecule has 0 radical (unpaired) electrons. The van der Waals surface area contributed by atoms with Gasteiger partial charge in [0.25, 0.3) is 0 Å². The number of halogens is 2. The third-order valence-corrected chi connectivity index (χ3v) is 14.2. The molecule has 2 aromatic heterocycles. The molecule has 0 atom stereocenters. The number of amides is 1. The summed E-state index contributed by atoms with van der Waals surface area (Å²) in [6.07, 6.45) is 2.08. The van der Waals surface area contributed by atoms with Gasteiger partial charge >= 0.3 is 0 Å². The fourth-order valence-corrected chi connectivity index (χ4v) is 6.79. The molecule has 1 amide bonds. The van der Waals surface area contributed by atoms with Crippen molar-refractivity contribution < 1.29 is 23.1 Å². The number of rotatable bonds is 12. The van der Waals surface area contributed by atoms with Gasteiger partial charge in [0.1, 0.15) is 16.3 Å². The zero-order chi connectivity index (χ0) is 31.6. The first kappa shape index (κ1) is 33.3. The van der Waals surface area contributed by atoms with Gasteiger partial charge in [-0.3, -0.25) is 9.78 Å². The van der Waals surface area contributed by atoms with Gasteiger partial charge in [0.2, 0.25) is 5.91 Å². The highest BCUT2D eigenvalue weighted by Crippen LogP contribution is 2.52. The highest BCUT2D eigenvalue weighted by molar-refractivity contribution is 7.99. The SMILES string of the molecule is COC1(OC)CC(C(N)=O)(c2cc(Nc3cc(-c4cc(Cl)ccc4F)nnc3SCCO[Si](C)(C)C(C)(C)C)ccn2)C1.